The Morgan fingerprint density at radius 1 is 1.32 bits per heavy atom. The molecule has 2 atom stereocenters. The lowest BCUT2D eigenvalue weighted by atomic mass is 9.99. The SMILES string of the molecule is CO[C@@H](c1ccc(C#N)cc1C#N)[C@H](C)S(N)(=O)=O. The van der Waals surface area contributed by atoms with E-state index in [1.807, 2.05) is 12.1 Å². The summed E-state index contributed by atoms with van der Waals surface area (Å²) in [4.78, 5) is 0. The maximum atomic E-state index is 11.4. The first-order valence-corrected chi connectivity index (χ1v) is 6.94. The van der Waals surface area contributed by atoms with Crippen molar-refractivity contribution in [2.45, 2.75) is 18.3 Å². The fraction of sp³-hybridized carbons (Fsp3) is 0.333. The third-order valence-electron chi connectivity index (χ3n) is 2.81. The van der Waals surface area contributed by atoms with Crippen LogP contribution in [0.3, 0.4) is 0 Å². The maximum absolute atomic E-state index is 11.4. The molecular weight excluding hydrogens is 266 g/mol. The number of hydrogen-bond donors (Lipinski definition) is 1. The highest BCUT2D eigenvalue weighted by molar-refractivity contribution is 7.89. The van der Waals surface area contributed by atoms with Gasteiger partial charge in [0.1, 0.15) is 11.4 Å². The maximum Gasteiger partial charge on any atom is 0.214 e. The van der Waals surface area contributed by atoms with E-state index in [0.29, 0.717) is 11.1 Å². The normalized spacial score (nSPS) is 14.2. The summed E-state index contributed by atoms with van der Waals surface area (Å²) in [6, 6.07) is 8.23. The lowest BCUT2D eigenvalue weighted by molar-refractivity contribution is 0.102. The molecule has 1 aromatic rings. The number of ether oxygens (including phenoxy) is 1. The molecule has 100 valence electrons. The molecule has 0 aliphatic carbocycles. The monoisotopic (exact) mass is 279 g/mol. The van der Waals surface area contributed by atoms with Crippen LogP contribution >= 0.6 is 0 Å². The van der Waals surface area contributed by atoms with Crippen LogP contribution in [0.4, 0.5) is 0 Å². The van der Waals surface area contributed by atoms with E-state index >= 15 is 0 Å². The summed E-state index contributed by atoms with van der Waals surface area (Å²) in [6.45, 7) is 1.41. The van der Waals surface area contributed by atoms with Crippen molar-refractivity contribution in [3.63, 3.8) is 0 Å². The molecule has 1 rings (SSSR count). The van der Waals surface area contributed by atoms with Crippen LogP contribution in [0.2, 0.25) is 0 Å². The Bertz CT molecular complexity index is 656. The van der Waals surface area contributed by atoms with Crippen molar-refractivity contribution in [2.75, 3.05) is 7.11 Å². The molecule has 0 amide bonds. The average Bonchev–Trinajstić information content (AvgIpc) is 2.38. The highest BCUT2D eigenvalue weighted by atomic mass is 32.2. The lowest BCUT2D eigenvalue weighted by Crippen LogP contribution is -2.32. The number of hydrogen-bond acceptors (Lipinski definition) is 5. The van der Waals surface area contributed by atoms with Gasteiger partial charge in [-0.25, -0.2) is 13.6 Å². The summed E-state index contributed by atoms with van der Waals surface area (Å²) in [6.07, 6.45) is -0.864. The minimum atomic E-state index is -3.80. The molecule has 0 radical (unpaired) electrons. The average molecular weight is 279 g/mol. The van der Waals surface area contributed by atoms with Crippen LogP contribution in [0, 0.1) is 22.7 Å². The van der Waals surface area contributed by atoms with Crippen LogP contribution in [-0.2, 0) is 14.8 Å². The van der Waals surface area contributed by atoms with Crippen molar-refractivity contribution in [1.82, 2.24) is 0 Å². The Morgan fingerprint density at radius 2 is 1.95 bits per heavy atom. The van der Waals surface area contributed by atoms with Gasteiger partial charge >= 0.3 is 0 Å². The summed E-state index contributed by atoms with van der Waals surface area (Å²) >= 11 is 0. The molecule has 2 N–H and O–H groups in total. The highest BCUT2D eigenvalue weighted by Gasteiger charge is 2.29. The Hall–Kier alpha value is -1.93. The van der Waals surface area contributed by atoms with Crippen molar-refractivity contribution < 1.29 is 13.2 Å². The van der Waals surface area contributed by atoms with Crippen LogP contribution in [0.15, 0.2) is 18.2 Å². The number of nitrogens with zero attached hydrogens (tertiary/aromatic N) is 2. The minimum Gasteiger partial charge on any atom is -0.375 e. The minimum absolute atomic E-state index is 0.196. The van der Waals surface area contributed by atoms with Crippen molar-refractivity contribution >= 4 is 10.0 Å². The van der Waals surface area contributed by atoms with E-state index < -0.39 is 21.4 Å². The zero-order chi connectivity index (χ0) is 14.6. The summed E-state index contributed by atoms with van der Waals surface area (Å²) in [5.41, 5.74) is 0.908. The molecule has 0 fully saturated rings. The van der Waals surface area contributed by atoms with Gasteiger partial charge in [0.05, 0.1) is 23.3 Å². The standard InChI is InChI=1S/C12H13N3O3S/c1-8(19(15,16)17)12(18-2)11-4-3-9(6-13)5-10(11)7-14/h3-5,8,12H,1-2H3,(H2,15,16,17)/t8-,12+/m0/s1. The summed E-state index contributed by atoms with van der Waals surface area (Å²) in [5.74, 6) is 0. The van der Waals surface area contributed by atoms with E-state index in [1.165, 1.54) is 32.2 Å². The predicted octanol–water partition coefficient (Wildman–Crippen LogP) is 0.794. The van der Waals surface area contributed by atoms with Crippen LogP contribution < -0.4 is 5.14 Å². The number of sulfonamides is 1. The van der Waals surface area contributed by atoms with E-state index in [2.05, 4.69) is 0 Å². The number of nitrogens with two attached hydrogens (primary N) is 1. The first-order chi connectivity index (χ1) is 8.85. The number of nitriles is 2. The first kappa shape index (κ1) is 15.1. The van der Waals surface area contributed by atoms with Gasteiger partial charge in [-0.05, 0) is 24.6 Å². The number of rotatable bonds is 4. The van der Waals surface area contributed by atoms with E-state index in [1.54, 1.807) is 0 Å². The number of primary sulfonamides is 1. The lowest BCUT2D eigenvalue weighted by Gasteiger charge is -2.22. The molecule has 1 aromatic carbocycles. The molecule has 0 heterocycles. The van der Waals surface area contributed by atoms with Gasteiger partial charge in [0, 0.05) is 7.11 Å². The molecule has 0 aliphatic heterocycles. The Morgan fingerprint density at radius 3 is 2.37 bits per heavy atom. The molecular formula is C12H13N3O3S. The third kappa shape index (κ3) is 3.30. The molecule has 0 spiro atoms. The Balaban J connectivity index is 3.36. The fourth-order valence-corrected chi connectivity index (χ4v) is 2.32. The fourth-order valence-electron chi connectivity index (χ4n) is 1.71. The van der Waals surface area contributed by atoms with Gasteiger partial charge in [-0.1, -0.05) is 6.07 Å². The first-order valence-electron chi connectivity index (χ1n) is 5.33. The smallest absolute Gasteiger partial charge is 0.214 e. The van der Waals surface area contributed by atoms with Crippen LogP contribution in [0.5, 0.6) is 0 Å². The highest BCUT2D eigenvalue weighted by Crippen LogP contribution is 2.27. The van der Waals surface area contributed by atoms with Crippen LogP contribution in [0.1, 0.15) is 29.7 Å². The Kier molecular flexibility index (Phi) is 4.62. The van der Waals surface area contributed by atoms with Gasteiger partial charge in [0.25, 0.3) is 0 Å². The molecule has 19 heavy (non-hydrogen) atoms. The number of benzene rings is 1. The Labute approximate surface area is 112 Å². The quantitative estimate of drug-likeness (QED) is 0.874. The van der Waals surface area contributed by atoms with Gasteiger partial charge in [-0.3, -0.25) is 0 Å². The molecule has 7 heteroatoms. The van der Waals surface area contributed by atoms with Gasteiger partial charge in [0.15, 0.2) is 0 Å². The number of methoxy groups -OCH3 is 1. The van der Waals surface area contributed by atoms with Crippen molar-refractivity contribution in [1.29, 1.82) is 10.5 Å². The molecule has 0 saturated heterocycles. The van der Waals surface area contributed by atoms with E-state index in [0.717, 1.165) is 0 Å². The molecule has 0 bridgehead atoms. The van der Waals surface area contributed by atoms with Crippen LogP contribution in [0.25, 0.3) is 0 Å². The molecule has 6 nitrogen and oxygen atoms in total. The zero-order valence-corrected chi connectivity index (χ0v) is 11.3. The largest absolute Gasteiger partial charge is 0.375 e. The van der Waals surface area contributed by atoms with E-state index in [-0.39, 0.29) is 5.56 Å². The zero-order valence-electron chi connectivity index (χ0n) is 10.5. The van der Waals surface area contributed by atoms with Gasteiger partial charge < -0.3 is 4.74 Å². The molecule has 0 unspecified atom stereocenters. The summed E-state index contributed by atoms with van der Waals surface area (Å²) in [5, 5.41) is 21.9. The predicted molar refractivity (Wildman–Crippen MR) is 68.2 cm³/mol. The summed E-state index contributed by atoms with van der Waals surface area (Å²) < 4.78 is 27.9. The van der Waals surface area contributed by atoms with Gasteiger partial charge in [-0.2, -0.15) is 10.5 Å². The third-order valence-corrected chi connectivity index (χ3v) is 4.09. The summed E-state index contributed by atoms with van der Waals surface area (Å²) in [7, 11) is -2.46. The van der Waals surface area contributed by atoms with Gasteiger partial charge in [-0.15, -0.1) is 0 Å². The van der Waals surface area contributed by atoms with Crippen LogP contribution in [-0.4, -0.2) is 20.8 Å². The van der Waals surface area contributed by atoms with Crippen molar-refractivity contribution in [3.8, 4) is 12.1 Å². The molecule has 0 saturated carbocycles. The van der Waals surface area contributed by atoms with Crippen molar-refractivity contribution in [2.24, 2.45) is 5.14 Å². The van der Waals surface area contributed by atoms with Gasteiger partial charge in [0.2, 0.25) is 10.0 Å². The second kappa shape index (κ2) is 5.81. The second-order valence-electron chi connectivity index (χ2n) is 3.98. The van der Waals surface area contributed by atoms with E-state index in [9.17, 15) is 8.42 Å². The second-order valence-corrected chi connectivity index (χ2v) is 5.90. The molecule has 0 aliphatic rings. The molecule has 0 aromatic heterocycles. The van der Waals surface area contributed by atoms with E-state index in [4.69, 9.17) is 20.4 Å². The topological polar surface area (TPSA) is 117 Å². The van der Waals surface area contributed by atoms with Crippen molar-refractivity contribution in [3.05, 3.63) is 34.9 Å².